The van der Waals surface area contributed by atoms with Crippen molar-refractivity contribution >= 4 is 60.7 Å². The molecule has 0 spiro atoms. The predicted octanol–water partition coefficient (Wildman–Crippen LogP) is 4.61. The predicted molar refractivity (Wildman–Crippen MR) is 155 cm³/mol. The number of methoxy groups -OCH3 is 2. The number of amides is 1. The zero-order chi connectivity index (χ0) is 28.6. The molecule has 0 saturated carbocycles. The summed E-state index contributed by atoms with van der Waals surface area (Å²) >= 11 is 8.66. The van der Waals surface area contributed by atoms with E-state index in [1.807, 2.05) is 0 Å². The molecule has 0 radical (unpaired) electrons. The molecular weight excluding hydrogens is 610 g/mol. The lowest BCUT2D eigenvalue weighted by Gasteiger charge is -2.14. The molecule has 0 aliphatic rings. The van der Waals surface area contributed by atoms with Gasteiger partial charge in [-0.05, 0) is 67.0 Å². The number of hydrogen-bond donors (Lipinski definition) is 3. The Balaban J connectivity index is 1.65. The number of anilines is 2. The maximum atomic E-state index is 12.9. The van der Waals surface area contributed by atoms with Crippen molar-refractivity contribution in [3.63, 3.8) is 0 Å². The van der Waals surface area contributed by atoms with Gasteiger partial charge in [-0.15, -0.1) is 0 Å². The molecule has 0 fully saturated rings. The van der Waals surface area contributed by atoms with Crippen LogP contribution in [0.25, 0.3) is 0 Å². The summed E-state index contributed by atoms with van der Waals surface area (Å²) < 4.78 is 44.6. The lowest BCUT2D eigenvalue weighted by molar-refractivity contribution is 0.0973. The van der Waals surface area contributed by atoms with E-state index in [0.29, 0.717) is 34.0 Å². The number of rotatable bonds is 11. The molecule has 0 aliphatic carbocycles. The van der Waals surface area contributed by atoms with Gasteiger partial charge in [0.25, 0.3) is 15.9 Å². The summed E-state index contributed by atoms with van der Waals surface area (Å²) in [7, 11) is -1.25. The third-order valence-electron chi connectivity index (χ3n) is 5.10. The van der Waals surface area contributed by atoms with Gasteiger partial charge >= 0.3 is 6.01 Å². The molecule has 3 rings (SSSR count). The van der Waals surface area contributed by atoms with Crippen LogP contribution >= 0.6 is 28.1 Å². The van der Waals surface area contributed by atoms with Gasteiger partial charge in [-0.3, -0.25) is 14.8 Å². The quantitative estimate of drug-likeness (QED) is 0.255. The van der Waals surface area contributed by atoms with Crippen LogP contribution in [0.4, 0.5) is 11.5 Å². The number of ether oxygens (including phenoxy) is 3. The first-order chi connectivity index (χ1) is 18.5. The van der Waals surface area contributed by atoms with Gasteiger partial charge in [0.05, 0.1) is 31.3 Å². The standard InChI is InChI=1S/C25H28BrN5O6S2/c1-15(2)11-12-37-20-10-5-16(26)13-19(20)23(32)30-25(38)27-17-6-8-18(9-7-17)39(33,34)31-21-14-22(35-3)29-24(28-21)36-4/h5-10,13-15H,11-12H2,1-4H3,(H,28,29,31)(H2,27,30,32,38). The number of nitrogens with one attached hydrogen (secondary N) is 3. The average Bonchev–Trinajstić information content (AvgIpc) is 2.88. The normalized spacial score (nSPS) is 11.0. The second kappa shape index (κ2) is 13.5. The first-order valence-corrected chi connectivity index (χ1v) is 14.3. The number of nitrogens with zero attached hydrogens (tertiary/aromatic N) is 2. The number of benzene rings is 2. The van der Waals surface area contributed by atoms with Crippen LogP contribution in [0.15, 0.2) is 57.9 Å². The number of halogens is 1. The lowest BCUT2D eigenvalue weighted by Crippen LogP contribution is -2.34. The average molecular weight is 639 g/mol. The Kier molecular flexibility index (Phi) is 10.4. The Morgan fingerprint density at radius 1 is 1.05 bits per heavy atom. The van der Waals surface area contributed by atoms with E-state index in [2.05, 4.69) is 55.1 Å². The van der Waals surface area contributed by atoms with Gasteiger partial charge in [-0.1, -0.05) is 29.8 Å². The maximum Gasteiger partial charge on any atom is 0.321 e. The molecule has 2 aromatic carbocycles. The van der Waals surface area contributed by atoms with Gasteiger partial charge in [-0.25, -0.2) is 8.42 Å². The van der Waals surface area contributed by atoms with Crippen molar-refractivity contribution in [2.45, 2.75) is 25.2 Å². The Bertz CT molecular complexity index is 1410. The first-order valence-electron chi connectivity index (χ1n) is 11.7. The SMILES string of the molecule is COc1cc(NS(=O)(=O)c2ccc(NC(=S)NC(=O)c3cc(Br)ccc3OCCC(C)C)cc2)nc(OC)n1. The minimum Gasteiger partial charge on any atom is -0.493 e. The summed E-state index contributed by atoms with van der Waals surface area (Å²) in [6, 6.07) is 12.2. The molecule has 0 aliphatic heterocycles. The summed E-state index contributed by atoms with van der Waals surface area (Å²) in [5.41, 5.74) is 0.787. The molecule has 3 aromatic rings. The fourth-order valence-corrected chi connectivity index (χ4v) is 4.67. The van der Waals surface area contributed by atoms with Gasteiger partial charge in [0, 0.05) is 16.2 Å². The monoisotopic (exact) mass is 637 g/mol. The number of thiocarbonyl (C=S) groups is 1. The molecule has 3 N–H and O–H groups in total. The number of aromatic nitrogens is 2. The molecule has 0 unspecified atom stereocenters. The molecule has 39 heavy (non-hydrogen) atoms. The molecule has 1 amide bonds. The largest absolute Gasteiger partial charge is 0.493 e. The van der Waals surface area contributed by atoms with Crippen molar-refractivity contribution in [2.75, 3.05) is 30.9 Å². The highest BCUT2D eigenvalue weighted by Crippen LogP contribution is 2.24. The molecule has 208 valence electrons. The number of carbonyl (C=O) groups excluding carboxylic acids is 1. The van der Waals surface area contributed by atoms with E-state index in [-0.39, 0.29) is 27.7 Å². The Labute approximate surface area is 240 Å². The van der Waals surface area contributed by atoms with Crippen molar-refractivity contribution < 1.29 is 27.4 Å². The summed E-state index contributed by atoms with van der Waals surface area (Å²) in [4.78, 5) is 20.8. The van der Waals surface area contributed by atoms with Crippen LogP contribution in [0.5, 0.6) is 17.6 Å². The number of hydrogen-bond acceptors (Lipinski definition) is 9. The zero-order valence-electron chi connectivity index (χ0n) is 21.6. The van der Waals surface area contributed by atoms with Crippen LogP contribution in [0.3, 0.4) is 0 Å². The fourth-order valence-electron chi connectivity index (χ4n) is 3.11. The van der Waals surface area contributed by atoms with E-state index in [1.54, 1.807) is 18.2 Å². The van der Waals surface area contributed by atoms with E-state index in [4.69, 9.17) is 26.4 Å². The van der Waals surface area contributed by atoms with Gasteiger partial charge in [0.1, 0.15) is 5.75 Å². The van der Waals surface area contributed by atoms with Gasteiger partial charge < -0.3 is 19.5 Å². The van der Waals surface area contributed by atoms with Crippen molar-refractivity contribution in [2.24, 2.45) is 5.92 Å². The van der Waals surface area contributed by atoms with E-state index >= 15 is 0 Å². The molecule has 0 atom stereocenters. The highest BCUT2D eigenvalue weighted by Gasteiger charge is 2.18. The van der Waals surface area contributed by atoms with Gasteiger partial charge in [0.2, 0.25) is 5.88 Å². The topological polar surface area (TPSA) is 141 Å². The summed E-state index contributed by atoms with van der Waals surface area (Å²) in [5, 5.41) is 5.52. The smallest absolute Gasteiger partial charge is 0.321 e. The molecule has 1 aromatic heterocycles. The highest BCUT2D eigenvalue weighted by molar-refractivity contribution is 9.10. The van der Waals surface area contributed by atoms with Crippen LogP contribution < -0.4 is 29.6 Å². The highest BCUT2D eigenvalue weighted by atomic mass is 79.9. The molecule has 0 bridgehead atoms. The third kappa shape index (κ3) is 8.76. The second-order valence-corrected chi connectivity index (χ2v) is 11.5. The molecular formula is C25H28BrN5O6S2. The zero-order valence-corrected chi connectivity index (χ0v) is 24.9. The first kappa shape index (κ1) is 30.1. The van der Waals surface area contributed by atoms with Crippen molar-refractivity contribution in [1.29, 1.82) is 0 Å². The number of sulfonamides is 1. The molecule has 1 heterocycles. The Morgan fingerprint density at radius 2 is 1.77 bits per heavy atom. The van der Waals surface area contributed by atoms with Crippen LogP contribution in [0.1, 0.15) is 30.6 Å². The fraction of sp³-hybridized carbons (Fsp3) is 0.280. The number of carbonyl (C=O) groups is 1. The van der Waals surface area contributed by atoms with Crippen molar-refractivity contribution in [3.05, 3.63) is 58.6 Å². The lowest BCUT2D eigenvalue weighted by atomic mass is 10.1. The van der Waals surface area contributed by atoms with Gasteiger partial charge in [-0.2, -0.15) is 9.97 Å². The van der Waals surface area contributed by atoms with E-state index < -0.39 is 15.9 Å². The second-order valence-electron chi connectivity index (χ2n) is 8.49. The van der Waals surface area contributed by atoms with Crippen molar-refractivity contribution in [3.8, 4) is 17.6 Å². The summed E-state index contributed by atoms with van der Waals surface area (Å²) in [6.07, 6.45) is 0.847. The minimum atomic E-state index is -3.99. The molecule has 14 heteroatoms. The Hall–Kier alpha value is -3.49. The van der Waals surface area contributed by atoms with Crippen molar-refractivity contribution in [1.82, 2.24) is 15.3 Å². The van der Waals surface area contributed by atoms with Crippen LogP contribution in [0, 0.1) is 5.92 Å². The third-order valence-corrected chi connectivity index (χ3v) is 7.17. The van der Waals surface area contributed by atoms with Crippen LogP contribution in [-0.2, 0) is 10.0 Å². The molecule has 0 saturated heterocycles. The van der Waals surface area contributed by atoms with Crippen LogP contribution in [0.2, 0.25) is 0 Å². The minimum absolute atomic E-state index is 0.0232. The van der Waals surface area contributed by atoms with E-state index in [0.717, 1.165) is 6.42 Å². The maximum absolute atomic E-state index is 12.9. The molecule has 11 nitrogen and oxygen atoms in total. The van der Waals surface area contributed by atoms with Gasteiger partial charge in [0.15, 0.2) is 10.9 Å². The van der Waals surface area contributed by atoms with Crippen LogP contribution in [-0.4, -0.2) is 50.2 Å². The Morgan fingerprint density at radius 3 is 2.41 bits per heavy atom. The summed E-state index contributed by atoms with van der Waals surface area (Å²) in [6.45, 7) is 4.66. The van der Waals surface area contributed by atoms with E-state index in [9.17, 15) is 13.2 Å². The summed E-state index contributed by atoms with van der Waals surface area (Å²) in [5.74, 6) is 0.565. The van der Waals surface area contributed by atoms with E-state index in [1.165, 1.54) is 44.6 Å².